The number of carbonyl (C=O) groups is 2. The number of rotatable bonds is 4. The molecule has 1 spiro atoms. The number of nitrogens with zero attached hydrogens (tertiary/aromatic N) is 2. The summed E-state index contributed by atoms with van der Waals surface area (Å²) in [5.41, 5.74) is 0.181. The summed E-state index contributed by atoms with van der Waals surface area (Å²) >= 11 is 0. The zero-order chi connectivity index (χ0) is 18.3. The molecule has 2 atom stereocenters. The summed E-state index contributed by atoms with van der Waals surface area (Å²) in [5.74, 6) is -1.74. The molecule has 2 aromatic rings. The molecule has 4 rings (SSSR count). The highest BCUT2D eigenvalue weighted by atomic mass is 16.5. The van der Waals surface area contributed by atoms with Crippen LogP contribution in [0.3, 0.4) is 0 Å². The average Bonchev–Trinajstić information content (AvgIpc) is 3.31. The minimum atomic E-state index is -1.28. The third kappa shape index (κ3) is 2.52. The lowest BCUT2D eigenvalue weighted by Crippen LogP contribution is -2.44. The Morgan fingerprint density at radius 3 is 2.58 bits per heavy atom. The van der Waals surface area contributed by atoms with E-state index in [2.05, 4.69) is 4.57 Å². The Balaban J connectivity index is 1.73. The third-order valence-corrected chi connectivity index (χ3v) is 5.03. The highest BCUT2D eigenvalue weighted by Crippen LogP contribution is 2.50. The molecule has 0 saturated carbocycles. The number of hydrogen-bond donors (Lipinski definition) is 2. The monoisotopic (exact) mass is 354 g/mol. The Morgan fingerprint density at radius 2 is 1.88 bits per heavy atom. The predicted molar refractivity (Wildman–Crippen MR) is 91.9 cm³/mol. The standard InChI is InChI=1S/C19H18N2O5/c22-16(23)11-14(18(24)25)21-10-7-19(12-21)17(20-8-3-4-9-20)13-5-1-2-6-15(13)26-19/h1-6,8-9,11,17H,7,10,12H2,(H,22,23)(H,24,25). The molecule has 26 heavy (non-hydrogen) atoms. The van der Waals surface area contributed by atoms with Gasteiger partial charge in [0.2, 0.25) is 0 Å². The topological polar surface area (TPSA) is 92.0 Å². The Labute approximate surface area is 149 Å². The highest BCUT2D eigenvalue weighted by molar-refractivity contribution is 5.94. The van der Waals surface area contributed by atoms with Crippen molar-refractivity contribution in [2.75, 3.05) is 13.1 Å². The first-order valence-corrected chi connectivity index (χ1v) is 8.33. The number of para-hydroxylation sites is 1. The molecule has 1 aromatic carbocycles. The molecule has 2 N–H and O–H groups in total. The van der Waals surface area contributed by atoms with Crippen molar-refractivity contribution in [3.63, 3.8) is 0 Å². The van der Waals surface area contributed by atoms with E-state index >= 15 is 0 Å². The number of carboxylic acids is 2. The molecule has 7 nitrogen and oxygen atoms in total. The fraction of sp³-hybridized carbons (Fsp3) is 0.263. The fourth-order valence-electron chi connectivity index (χ4n) is 4.03. The van der Waals surface area contributed by atoms with Crippen molar-refractivity contribution in [1.29, 1.82) is 0 Å². The molecule has 3 heterocycles. The van der Waals surface area contributed by atoms with Crippen LogP contribution in [0.1, 0.15) is 18.0 Å². The van der Waals surface area contributed by atoms with Crippen molar-refractivity contribution < 1.29 is 24.5 Å². The van der Waals surface area contributed by atoms with E-state index in [0.717, 1.165) is 17.4 Å². The van der Waals surface area contributed by atoms with Crippen LogP contribution in [0.25, 0.3) is 0 Å². The van der Waals surface area contributed by atoms with E-state index in [1.807, 2.05) is 48.8 Å². The van der Waals surface area contributed by atoms with Crippen LogP contribution in [0.4, 0.5) is 0 Å². The van der Waals surface area contributed by atoms with E-state index in [-0.39, 0.29) is 11.7 Å². The SMILES string of the molecule is O=C(O)C=C(C(=O)O)N1CCC2(C1)Oc1ccccc1C2n1cccc1. The molecule has 0 radical (unpaired) electrons. The molecule has 134 valence electrons. The van der Waals surface area contributed by atoms with Gasteiger partial charge < -0.3 is 24.4 Å². The van der Waals surface area contributed by atoms with E-state index in [1.54, 1.807) is 4.90 Å². The maximum atomic E-state index is 11.5. The molecule has 1 fully saturated rings. The molecule has 2 aliphatic heterocycles. The lowest BCUT2D eigenvalue weighted by Gasteiger charge is -2.32. The fourth-order valence-corrected chi connectivity index (χ4v) is 4.03. The van der Waals surface area contributed by atoms with Gasteiger partial charge in [-0.2, -0.15) is 0 Å². The van der Waals surface area contributed by atoms with Gasteiger partial charge in [-0.25, -0.2) is 9.59 Å². The van der Waals surface area contributed by atoms with Crippen molar-refractivity contribution in [2.45, 2.75) is 18.1 Å². The average molecular weight is 354 g/mol. The molecule has 7 heteroatoms. The maximum Gasteiger partial charge on any atom is 0.352 e. The van der Waals surface area contributed by atoms with E-state index in [9.17, 15) is 14.7 Å². The van der Waals surface area contributed by atoms with E-state index < -0.39 is 17.5 Å². The van der Waals surface area contributed by atoms with Gasteiger partial charge >= 0.3 is 11.9 Å². The number of ether oxygens (including phenoxy) is 1. The van der Waals surface area contributed by atoms with Crippen LogP contribution >= 0.6 is 0 Å². The molecular weight excluding hydrogens is 336 g/mol. The van der Waals surface area contributed by atoms with Gasteiger partial charge in [0.25, 0.3) is 0 Å². The zero-order valence-electron chi connectivity index (χ0n) is 13.9. The van der Waals surface area contributed by atoms with Crippen LogP contribution in [0.5, 0.6) is 5.75 Å². The molecular formula is C19H18N2O5. The predicted octanol–water partition coefficient (Wildman–Crippen LogP) is 1.97. The Kier molecular flexibility index (Phi) is 3.72. The van der Waals surface area contributed by atoms with Gasteiger partial charge in [-0.1, -0.05) is 18.2 Å². The van der Waals surface area contributed by atoms with Gasteiger partial charge in [0, 0.05) is 30.9 Å². The summed E-state index contributed by atoms with van der Waals surface area (Å²) < 4.78 is 8.39. The van der Waals surface area contributed by atoms with Crippen molar-refractivity contribution in [2.24, 2.45) is 0 Å². The highest BCUT2D eigenvalue weighted by Gasteiger charge is 2.54. The van der Waals surface area contributed by atoms with Crippen molar-refractivity contribution in [3.05, 3.63) is 66.1 Å². The van der Waals surface area contributed by atoms with Gasteiger partial charge in [-0.3, -0.25) is 0 Å². The van der Waals surface area contributed by atoms with Crippen LogP contribution in [0.2, 0.25) is 0 Å². The number of carboxylic acid groups (broad SMARTS) is 2. The Hall–Kier alpha value is -3.22. The van der Waals surface area contributed by atoms with Gasteiger partial charge in [0.05, 0.1) is 12.6 Å². The first-order valence-electron chi connectivity index (χ1n) is 8.33. The largest absolute Gasteiger partial charge is 0.482 e. The van der Waals surface area contributed by atoms with Crippen LogP contribution in [0, 0.1) is 0 Å². The number of aliphatic carboxylic acids is 2. The number of benzene rings is 1. The summed E-state index contributed by atoms with van der Waals surface area (Å²) in [5, 5.41) is 18.4. The first-order chi connectivity index (χ1) is 12.5. The lowest BCUT2D eigenvalue weighted by atomic mass is 9.90. The van der Waals surface area contributed by atoms with Gasteiger partial charge in [-0.15, -0.1) is 0 Å². The zero-order valence-corrected chi connectivity index (χ0v) is 13.9. The molecule has 2 unspecified atom stereocenters. The van der Waals surface area contributed by atoms with Crippen LogP contribution in [-0.4, -0.2) is 50.3 Å². The minimum absolute atomic E-state index is 0.0985. The number of aromatic nitrogens is 1. The van der Waals surface area contributed by atoms with Crippen molar-refractivity contribution in [1.82, 2.24) is 9.47 Å². The quantitative estimate of drug-likeness (QED) is 0.816. The van der Waals surface area contributed by atoms with Crippen LogP contribution in [-0.2, 0) is 9.59 Å². The maximum absolute atomic E-state index is 11.5. The number of likely N-dealkylation sites (tertiary alicyclic amines) is 1. The number of hydrogen-bond acceptors (Lipinski definition) is 4. The normalized spacial score (nSPS) is 24.5. The molecule has 1 saturated heterocycles. The minimum Gasteiger partial charge on any atom is -0.482 e. The summed E-state index contributed by atoms with van der Waals surface area (Å²) in [7, 11) is 0. The van der Waals surface area contributed by atoms with Gasteiger partial charge in [0.15, 0.2) is 5.60 Å². The Morgan fingerprint density at radius 1 is 1.15 bits per heavy atom. The molecule has 0 aliphatic carbocycles. The van der Waals surface area contributed by atoms with Gasteiger partial charge in [0.1, 0.15) is 17.5 Å². The third-order valence-electron chi connectivity index (χ3n) is 5.03. The lowest BCUT2D eigenvalue weighted by molar-refractivity contribution is -0.136. The number of fused-ring (bicyclic) bond motifs is 1. The van der Waals surface area contributed by atoms with Crippen LogP contribution < -0.4 is 4.74 Å². The van der Waals surface area contributed by atoms with E-state index in [1.165, 1.54) is 0 Å². The van der Waals surface area contributed by atoms with Gasteiger partial charge in [-0.05, 0) is 18.2 Å². The van der Waals surface area contributed by atoms with Crippen molar-refractivity contribution >= 4 is 11.9 Å². The van der Waals surface area contributed by atoms with Crippen molar-refractivity contribution in [3.8, 4) is 5.75 Å². The first kappa shape index (κ1) is 16.3. The second-order valence-electron chi connectivity index (χ2n) is 6.58. The van der Waals surface area contributed by atoms with E-state index in [0.29, 0.717) is 19.5 Å². The summed E-state index contributed by atoms with van der Waals surface area (Å²) in [6, 6.07) is 11.6. The molecule has 2 aliphatic rings. The molecule has 0 bridgehead atoms. The summed E-state index contributed by atoms with van der Waals surface area (Å²) in [6.45, 7) is 0.715. The summed E-state index contributed by atoms with van der Waals surface area (Å²) in [4.78, 5) is 24.1. The Bertz CT molecular complexity index is 889. The molecule has 1 aromatic heterocycles. The second kappa shape index (κ2) is 5.94. The van der Waals surface area contributed by atoms with E-state index in [4.69, 9.17) is 9.84 Å². The van der Waals surface area contributed by atoms with Crippen LogP contribution in [0.15, 0.2) is 60.6 Å². The molecule has 0 amide bonds. The summed E-state index contributed by atoms with van der Waals surface area (Å²) in [6.07, 6.45) is 5.26. The smallest absolute Gasteiger partial charge is 0.352 e. The second-order valence-corrected chi connectivity index (χ2v) is 6.58.